The highest BCUT2D eigenvalue weighted by Gasteiger charge is 2.42. The summed E-state index contributed by atoms with van der Waals surface area (Å²) in [5.74, 6) is -0.928. The average Bonchev–Trinajstić information content (AvgIpc) is 2.44. The Morgan fingerprint density at radius 3 is 2.81 bits per heavy atom. The van der Waals surface area contributed by atoms with E-state index in [1.54, 1.807) is 25.1 Å². The Kier molecular flexibility index (Phi) is 2.75. The maximum Gasteiger partial charge on any atom is 0.280 e. The first-order valence-electron chi connectivity index (χ1n) is 6.42. The van der Waals surface area contributed by atoms with Gasteiger partial charge in [-0.25, -0.2) is 0 Å². The number of nitrogens with one attached hydrogen (secondary N) is 1. The Hall–Kier alpha value is -2.77. The van der Waals surface area contributed by atoms with Gasteiger partial charge in [0.1, 0.15) is 11.1 Å². The molecule has 1 saturated heterocycles. The molecule has 0 bridgehead atoms. The summed E-state index contributed by atoms with van der Waals surface area (Å²) in [6, 6.07) is 4.88. The van der Waals surface area contributed by atoms with Gasteiger partial charge in [-0.15, -0.1) is 5.10 Å². The summed E-state index contributed by atoms with van der Waals surface area (Å²) in [5, 5.41) is 10.2. The highest BCUT2D eigenvalue weighted by atomic mass is 16.2. The standard InChI is InChI=1S/C13H13N5O3/c1-13(6-5-9(19)15-12(13)21)18-11(20)10-7(14)3-2-4-8(10)16-17-18/h2-4H,5-6,14H2,1H3,(H,15,19,21). The molecule has 8 nitrogen and oxygen atoms in total. The zero-order valence-corrected chi connectivity index (χ0v) is 11.3. The Labute approximate surface area is 118 Å². The smallest absolute Gasteiger partial charge is 0.280 e. The Morgan fingerprint density at radius 1 is 1.33 bits per heavy atom. The molecule has 1 aromatic carbocycles. The fourth-order valence-electron chi connectivity index (χ4n) is 2.43. The second kappa shape index (κ2) is 4.37. The van der Waals surface area contributed by atoms with E-state index < -0.39 is 17.0 Å². The van der Waals surface area contributed by atoms with Gasteiger partial charge in [-0.3, -0.25) is 19.7 Å². The number of nitrogen functional groups attached to an aromatic ring is 1. The number of aromatic nitrogens is 3. The van der Waals surface area contributed by atoms with Gasteiger partial charge in [0.05, 0.1) is 5.39 Å². The number of rotatable bonds is 1. The van der Waals surface area contributed by atoms with Crippen LogP contribution in [0.3, 0.4) is 0 Å². The lowest BCUT2D eigenvalue weighted by atomic mass is 9.91. The van der Waals surface area contributed by atoms with Gasteiger partial charge in [-0.2, -0.15) is 4.68 Å². The molecule has 1 unspecified atom stereocenters. The van der Waals surface area contributed by atoms with E-state index in [0.29, 0.717) is 5.52 Å². The number of fused-ring (bicyclic) bond motifs is 1. The molecule has 3 rings (SSSR count). The fourth-order valence-corrected chi connectivity index (χ4v) is 2.43. The van der Waals surface area contributed by atoms with E-state index in [9.17, 15) is 14.4 Å². The van der Waals surface area contributed by atoms with Crippen LogP contribution in [0.4, 0.5) is 5.69 Å². The van der Waals surface area contributed by atoms with Crippen molar-refractivity contribution in [2.75, 3.05) is 5.73 Å². The normalized spacial score (nSPS) is 22.3. The monoisotopic (exact) mass is 287 g/mol. The maximum atomic E-state index is 12.6. The molecule has 0 aliphatic carbocycles. The van der Waals surface area contributed by atoms with Crippen LogP contribution >= 0.6 is 0 Å². The summed E-state index contributed by atoms with van der Waals surface area (Å²) in [7, 11) is 0. The van der Waals surface area contributed by atoms with Crippen molar-refractivity contribution in [3.63, 3.8) is 0 Å². The van der Waals surface area contributed by atoms with Crippen molar-refractivity contribution in [3.05, 3.63) is 28.6 Å². The van der Waals surface area contributed by atoms with Crippen LogP contribution in [0.1, 0.15) is 19.8 Å². The molecular formula is C13H13N5O3. The third-order valence-corrected chi connectivity index (χ3v) is 3.77. The van der Waals surface area contributed by atoms with E-state index in [1.165, 1.54) is 0 Å². The van der Waals surface area contributed by atoms with Crippen LogP contribution in [0, 0.1) is 0 Å². The molecule has 0 spiro atoms. The van der Waals surface area contributed by atoms with E-state index >= 15 is 0 Å². The van der Waals surface area contributed by atoms with Gasteiger partial charge in [0.2, 0.25) is 5.91 Å². The summed E-state index contributed by atoms with van der Waals surface area (Å²) in [6.07, 6.45) is 0.323. The van der Waals surface area contributed by atoms with Crippen molar-refractivity contribution >= 4 is 28.4 Å². The molecule has 108 valence electrons. The molecule has 1 aromatic heterocycles. The van der Waals surface area contributed by atoms with Gasteiger partial charge < -0.3 is 5.73 Å². The highest BCUT2D eigenvalue weighted by Crippen LogP contribution is 2.24. The van der Waals surface area contributed by atoms with Crippen molar-refractivity contribution in [1.82, 2.24) is 20.3 Å². The summed E-state index contributed by atoms with van der Waals surface area (Å²) in [6.45, 7) is 1.55. The first-order chi connectivity index (χ1) is 9.93. The van der Waals surface area contributed by atoms with Crippen LogP contribution in [0.15, 0.2) is 23.0 Å². The number of piperidine rings is 1. The molecule has 8 heteroatoms. The number of carbonyl (C=O) groups is 2. The van der Waals surface area contributed by atoms with Gasteiger partial charge >= 0.3 is 0 Å². The zero-order chi connectivity index (χ0) is 15.2. The molecule has 2 aromatic rings. The molecule has 0 saturated carbocycles. The molecule has 1 aliphatic rings. The number of amides is 2. The van der Waals surface area contributed by atoms with Gasteiger partial charge in [0, 0.05) is 12.1 Å². The van der Waals surface area contributed by atoms with Crippen LogP contribution < -0.4 is 16.6 Å². The predicted molar refractivity (Wildman–Crippen MR) is 74.2 cm³/mol. The molecule has 3 N–H and O–H groups in total. The zero-order valence-electron chi connectivity index (χ0n) is 11.3. The molecule has 2 heterocycles. The van der Waals surface area contributed by atoms with Crippen molar-refractivity contribution in [2.24, 2.45) is 0 Å². The van der Waals surface area contributed by atoms with Crippen LogP contribution in [0.5, 0.6) is 0 Å². The van der Waals surface area contributed by atoms with Crippen molar-refractivity contribution in [2.45, 2.75) is 25.3 Å². The van der Waals surface area contributed by atoms with E-state index in [0.717, 1.165) is 4.68 Å². The number of imide groups is 1. The largest absolute Gasteiger partial charge is 0.398 e. The summed E-state index contributed by atoms with van der Waals surface area (Å²) in [4.78, 5) is 36.0. The maximum absolute atomic E-state index is 12.6. The molecular weight excluding hydrogens is 274 g/mol. The number of nitrogens with two attached hydrogens (primary N) is 1. The minimum absolute atomic E-state index is 0.138. The number of hydrogen-bond acceptors (Lipinski definition) is 6. The van der Waals surface area contributed by atoms with Crippen LogP contribution in [-0.4, -0.2) is 26.8 Å². The Balaban J connectivity index is 2.24. The minimum atomic E-state index is -1.26. The van der Waals surface area contributed by atoms with E-state index in [1.807, 2.05) is 0 Å². The highest BCUT2D eigenvalue weighted by molar-refractivity contribution is 6.01. The lowest BCUT2D eigenvalue weighted by molar-refractivity contribution is -0.140. The van der Waals surface area contributed by atoms with Crippen molar-refractivity contribution in [3.8, 4) is 0 Å². The Bertz CT molecular complexity index is 828. The third-order valence-electron chi connectivity index (χ3n) is 3.77. The van der Waals surface area contributed by atoms with Gasteiger partial charge in [-0.1, -0.05) is 11.3 Å². The quantitative estimate of drug-likeness (QED) is 0.540. The summed E-state index contributed by atoms with van der Waals surface area (Å²) in [5.41, 5.74) is 4.71. The average molecular weight is 287 g/mol. The number of benzene rings is 1. The van der Waals surface area contributed by atoms with Crippen LogP contribution in [0.25, 0.3) is 10.9 Å². The second-order valence-corrected chi connectivity index (χ2v) is 5.20. The van der Waals surface area contributed by atoms with E-state index in [-0.39, 0.29) is 29.8 Å². The Morgan fingerprint density at radius 2 is 2.10 bits per heavy atom. The lowest BCUT2D eigenvalue weighted by Crippen LogP contribution is -2.56. The number of nitrogens with zero attached hydrogens (tertiary/aromatic N) is 3. The fraction of sp³-hybridized carbons (Fsp3) is 0.308. The van der Waals surface area contributed by atoms with E-state index in [4.69, 9.17) is 5.73 Å². The first kappa shape index (κ1) is 13.2. The third kappa shape index (κ3) is 1.87. The van der Waals surface area contributed by atoms with Crippen molar-refractivity contribution in [1.29, 1.82) is 0 Å². The van der Waals surface area contributed by atoms with Crippen LogP contribution in [-0.2, 0) is 15.1 Å². The minimum Gasteiger partial charge on any atom is -0.398 e. The number of hydrogen-bond donors (Lipinski definition) is 2. The summed E-state index contributed by atoms with van der Waals surface area (Å²) < 4.78 is 1.01. The molecule has 2 amide bonds. The number of carbonyl (C=O) groups excluding carboxylic acids is 2. The van der Waals surface area contributed by atoms with Crippen LogP contribution in [0.2, 0.25) is 0 Å². The lowest BCUT2D eigenvalue weighted by Gasteiger charge is -2.31. The van der Waals surface area contributed by atoms with Gasteiger partial charge in [0.25, 0.3) is 11.5 Å². The van der Waals surface area contributed by atoms with Gasteiger partial charge in [0.15, 0.2) is 0 Å². The molecule has 1 fully saturated rings. The predicted octanol–water partition coefficient (Wildman–Crippen LogP) is -0.474. The second-order valence-electron chi connectivity index (χ2n) is 5.20. The number of anilines is 1. The molecule has 21 heavy (non-hydrogen) atoms. The topological polar surface area (TPSA) is 120 Å². The van der Waals surface area contributed by atoms with Gasteiger partial charge in [-0.05, 0) is 25.5 Å². The first-order valence-corrected chi connectivity index (χ1v) is 6.42. The van der Waals surface area contributed by atoms with E-state index in [2.05, 4.69) is 15.6 Å². The SMILES string of the molecule is CC1(n2nnc3cccc(N)c3c2=O)CCC(=O)NC1=O. The molecule has 1 atom stereocenters. The summed E-state index contributed by atoms with van der Waals surface area (Å²) >= 11 is 0. The van der Waals surface area contributed by atoms with Crippen molar-refractivity contribution < 1.29 is 9.59 Å². The molecule has 1 aliphatic heterocycles. The molecule has 0 radical (unpaired) electrons.